The number of aromatic hydroxyl groups is 1. The molecule has 0 atom stereocenters. The lowest BCUT2D eigenvalue weighted by Crippen LogP contribution is -2.23. The number of phenols is 1. The Balaban J connectivity index is 1.74. The molecule has 3 aromatic rings. The van der Waals surface area contributed by atoms with Crippen LogP contribution in [0.1, 0.15) is 21.6 Å². The average Bonchev–Trinajstić information content (AvgIpc) is 2.88. The van der Waals surface area contributed by atoms with Gasteiger partial charge in [-0.15, -0.1) is 0 Å². The summed E-state index contributed by atoms with van der Waals surface area (Å²) in [5, 5.41) is 13.1. The summed E-state index contributed by atoms with van der Waals surface area (Å²) in [7, 11) is 0. The monoisotopic (exact) mass is 280 g/mol. The maximum atomic E-state index is 12.2. The molecule has 0 aliphatic heterocycles. The highest BCUT2D eigenvalue weighted by Crippen LogP contribution is 2.20. The molecule has 0 spiro atoms. The van der Waals surface area contributed by atoms with Gasteiger partial charge in [0.05, 0.1) is 0 Å². The molecule has 0 radical (unpaired) electrons. The number of H-pyrrole nitrogens is 1. The van der Waals surface area contributed by atoms with Gasteiger partial charge in [-0.1, -0.05) is 29.8 Å². The van der Waals surface area contributed by atoms with Gasteiger partial charge in [-0.05, 0) is 36.8 Å². The molecule has 21 heavy (non-hydrogen) atoms. The lowest BCUT2D eigenvalue weighted by atomic mass is 10.1. The molecule has 0 aliphatic carbocycles. The molecule has 2 aromatic carbocycles. The molecule has 4 nitrogen and oxygen atoms in total. The fourth-order valence-corrected chi connectivity index (χ4v) is 2.34. The van der Waals surface area contributed by atoms with E-state index in [1.54, 1.807) is 24.3 Å². The number of nitrogens with one attached hydrogen (secondary N) is 2. The Morgan fingerprint density at radius 3 is 2.86 bits per heavy atom. The standard InChI is InChI=1S/C17H16N2O2/c1-11-3-2-4-12(7-11)10-18-17(21)16-9-13-8-14(20)5-6-15(13)19-16/h2-9,19-20H,10H2,1H3,(H,18,21). The predicted molar refractivity (Wildman–Crippen MR) is 82.3 cm³/mol. The van der Waals surface area contributed by atoms with Crippen LogP contribution in [0, 0.1) is 6.92 Å². The van der Waals surface area contributed by atoms with Crippen molar-refractivity contribution in [1.82, 2.24) is 10.3 Å². The van der Waals surface area contributed by atoms with Gasteiger partial charge in [-0.2, -0.15) is 0 Å². The van der Waals surface area contributed by atoms with Gasteiger partial charge in [0, 0.05) is 17.4 Å². The third kappa shape index (κ3) is 2.89. The van der Waals surface area contributed by atoms with Gasteiger partial charge in [0.2, 0.25) is 0 Å². The molecule has 0 aliphatic rings. The van der Waals surface area contributed by atoms with E-state index < -0.39 is 0 Å². The highest BCUT2D eigenvalue weighted by Gasteiger charge is 2.09. The van der Waals surface area contributed by atoms with E-state index in [4.69, 9.17) is 0 Å². The van der Waals surface area contributed by atoms with E-state index in [1.165, 1.54) is 5.56 Å². The Labute approximate surface area is 122 Å². The van der Waals surface area contributed by atoms with E-state index in [-0.39, 0.29) is 11.7 Å². The number of carbonyl (C=O) groups excluding carboxylic acids is 1. The molecular weight excluding hydrogens is 264 g/mol. The predicted octanol–water partition coefficient (Wildman–Crippen LogP) is 3.11. The number of carbonyl (C=O) groups is 1. The van der Waals surface area contributed by atoms with Crippen molar-refractivity contribution in [3.63, 3.8) is 0 Å². The third-order valence-electron chi connectivity index (χ3n) is 3.38. The Kier molecular flexibility index (Phi) is 3.36. The zero-order valence-electron chi connectivity index (χ0n) is 11.7. The van der Waals surface area contributed by atoms with Crippen LogP contribution in [0.3, 0.4) is 0 Å². The second-order valence-corrected chi connectivity index (χ2v) is 5.13. The third-order valence-corrected chi connectivity index (χ3v) is 3.38. The number of hydrogen-bond acceptors (Lipinski definition) is 2. The lowest BCUT2D eigenvalue weighted by Gasteiger charge is -2.04. The van der Waals surface area contributed by atoms with Gasteiger partial charge in [-0.25, -0.2) is 0 Å². The summed E-state index contributed by atoms with van der Waals surface area (Å²) in [6.07, 6.45) is 0. The number of rotatable bonds is 3. The summed E-state index contributed by atoms with van der Waals surface area (Å²) >= 11 is 0. The normalized spacial score (nSPS) is 10.7. The van der Waals surface area contributed by atoms with Crippen LogP contribution in [0.2, 0.25) is 0 Å². The van der Waals surface area contributed by atoms with Crippen LogP contribution in [0.15, 0.2) is 48.5 Å². The molecule has 3 rings (SSSR count). The molecule has 0 saturated carbocycles. The number of aromatic nitrogens is 1. The van der Waals surface area contributed by atoms with Crippen molar-refractivity contribution in [1.29, 1.82) is 0 Å². The second-order valence-electron chi connectivity index (χ2n) is 5.13. The van der Waals surface area contributed by atoms with Gasteiger partial charge in [-0.3, -0.25) is 4.79 Å². The summed E-state index contributed by atoms with van der Waals surface area (Å²) in [5.74, 6) is 0.0282. The van der Waals surface area contributed by atoms with Crippen LogP contribution in [0.5, 0.6) is 5.75 Å². The topological polar surface area (TPSA) is 65.1 Å². The minimum Gasteiger partial charge on any atom is -0.508 e. The van der Waals surface area contributed by atoms with Crippen LogP contribution in [0.4, 0.5) is 0 Å². The van der Waals surface area contributed by atoms with Gasteiger partial charge >= 0.3 is 0 Å². The fraction of sp³-hybridized carbons (Fsp3) is 0.118. The Morgan fingerprint density at radius 1 is 1.19 bits per heavy atom. The molecule has 0 saturated heterocycles. The summed E-state index contributed by atoms with van der Waals surface area (Å²) in [6.45, 7) is 2.51. The van der Waals surface area contributed by atoms with Crippen molar-refractivity contribution < 1.29 is 9.90 Å². The largest absolute Gasteiger partial charge is 0.508 e. The number of phenolic OH excluding ortho intramolecular Hbond substituents is 1. The minimum absolute atomic E-state index is 0.160. The smallest absolute Gasteiger partial charge is 0.267 e. The van der Waals surface area contributed by atoms with Crippen LogP contribution in [0.25, 0.3) is 10.9 Å². The second kappa shape index (κ2) is 5.32. The number of amides is 1. The van der Waals surface area contributed by atoms with E-state index >= 15 is 0 Å². The Morgan fingerprint density at radius 2 is 2.05 bits per heavy atom. The van der Waals surface area contributed by atoms with Gasteiger partial charge in [0.15, 0.2) is 0 Å². The van der Waals surface area contributed by atoms with Crippen LogP contribution in [-0.2, 0) is 6.54 Å². The highest BCUT2D eigenvalue weighted by molar-refractivity contribution is 5.98. The molecule has 3 N–H and O–H groups in total. The first-order valence-corrected chi connectivity index (χ1v) is 6.77. The molecule has 106 valence electrons. The molecule has 0 fully saturated rings. The van der Waals surface area contributed by atoms with E-state index in [9.17, 15) is 9.90 Å². The molecule has 1 amide bonds. The van der Waals surface area contributed by atoms with Crippen molar-refractivity contribution in [2.45, 2.75) is 13.5 Å². The number of benzene rings is 2. The first-order chi connectivity index (χ1) is 10.1. The summed E-state index contributed by atoms with van der Waals surface area (Å²) in [4.78, 5) is 15.2. The number of fused-ring (bicyclic) bond motifs is 1. The lowest BCUT2D eigenvalue weighted by molar-refractivity contribution is 0.0946. The maximum Gasteiger partial charge on any atom is 0.267 e. The van der Waals surface area contributed by atoms with Crippen molar-refractivity contribution in [2.24, 2.45) is 0 Å². The summed E-state index contributed by atoms with van der Waals surface area (Å²) < 4.78 is 0. The number of hydrogen-bond donors (Lipinski definition) is 3. The van der Waals surface area contributed by atoms with E-state index in [2.05, 4.69) is 10.3 Å². The fourth-order valence-electron chi connectivity index (χ4n) is 2.34. The number of aryl methyl sites for hydroxylation is 1. The van der Waals surface area contributed by atoms with Crippen molar-refractivity contribution in [3.05, 3.63) is 65.4 Å². The van der Waals surface area contributed by atoms with E-state index in [0.717, 1.165) is 16.5 Å². The molecule has 0 unspecified atom stereocenters. The quantitative estimate of drug-likeness (QED) is 0.690. The van der Waals surface area contributed by atoms with Crippen LogP contribution < -0.4 is 5.32 Å². The molecule has 1 heterocycles. The van der Waals surface area contributed by atoms with Crippen molar-refractivity contribution in [3.8, 4) is 5.75 Å². The molecular formula is C17H16N2O2. The Bertz CT molecular complexity index is 805. The molecule has 1 aromatic heterocycles. The highest BCUT2D eigenvalue weighted by atomic mass is 16.3. The zero-order valence-corrected chi connectivity index (χ0v) is 11.7. The summed E-state index contributed by atoms with van der Waals surface area (Å²) in [6, 6.07) is 14.7. The average molecular weight is 280 g/mol. The Hall–Kier alpha value is -2.75. The van der Waals surface area contributed by atoms with Gasteiger partial charge in [0.25, 0.3) is 5.91 Å². The molecule has 0 bridgehead atoms. The van der Waals surface area contributed by atoms with E-state index in [1.807, 2.05) is 31.2 Å². The van der Waals surface area contributed by atoms with E-state index in [0.29, 0.717) is 12.2 Å². The van der Waals surface area contributed by atoms with Gasteiger partial charge < -0.3 is 15.4 Å². The molecule has 4 heteroatoms. The zero-order chi connectivity index (χ0) is 14.8. The van der Waals surface area contributed by atoms with Crippen molar-refractivity contribution in [2.75, 3.05) is 0 Å². The minimum atomic E-state index is -0.160. The maximum absolute atomic E-state index is 12.2. The van der Waals surface area contributed by atoms with Crippen LogP contribution >= 0.6 is 0 Å². The first-order valence-electron chi connectivity index (χ1n) is 6.77. The summed E-state index contributed by atoms with van der Waals surface area (Å²) in [5.41, 5.74) is 3.55. The van der Waals surface area contributed by atoms with Gasteiger partial charge in [0.1, 0.15) is 11.4 Å². The SMILES string of the molecule is Cc1cccc(CNC(=O)c2cc3cc(O)ccc3[nH]2)c1. The first kappa shape index (κ1) is 13.2. The van der Waals surface area contributed by atoms with Crippen LogP contribution in [-0.4, -0.2) is 16.0 Å². The number of aromatic amines is 1. The van der Waals surface area contributed by atoms with Crippen molar-refractivity contribution >= 4 is 16.8 Å².